The minimum atomic E-state index is -0.586. The second-order valence-corrected chi connectivity index (χ2v) is 5.61. The summed E-state index contributed by atoms with van der Waals surface area (Å²) >= 11 is 0. The lowest BCUT2D eigenvalue weighted by Crippen LogP contribution is -2.22. The SMILES string of the molecule is Cc1cccc(Nc2nc(NCCN(C)C)nc(N)c2[N+](=O)[O-])c1. The van der Waals surface area contributed by atoms with Crippen LogP contribution in [0.4, 0.5) is 29.0 Å². The third kappa shape index (κ3) is 4.53. The Hall–Kier alpha value is -2.94. The van der Waals surface area contributed by atoms with E-state index in [1.165, 1.54) is 0 Å². The van der Waals surface area contributed by atoms with Crippen LogP contribution in [-0.2, 0) is 0 Å². The van der Waals surface area contributed by atoms with Gasteiger partial charge in [-0.1, -0.05) is 12.1 Å². The molecule has 0 spiro atoms. The summed E-state index contributed by atoms with van der Waals surface area (Å²) in [5, 5.41) is 17.3. The first-order valence-electron chi connectivity index (χ1n) is 7.41. The van der Waals surface area contributed by atoms with E-state index in [0.717, 1.165) is 12.1 Å². The number of benzene rings is 1. The van der Waals surface area contributed by atoms with Crippen molar-refractivity contribution in [3.63, 3.8) is 0 Å². The summed E-state index contributed by atoms with van der Waals surface area (Å²) in [6.07, 6.45) is 0. The Bertz CT molecular complexity index is 734. The standard InChI is InChI=1S/C15H21N7O2/c1-10-5-4-6-11(9-10)18-14-12(22(23)24)13(16)19-15(20-14)17-7-8-21(2)3/h4-6,9H,7-8H2,1-3H3,(H4,16,17,18,19,20). The van der Waals surface area contributed by atoms with Gasteiger partial charge in [0, 0.05) is 18.8 Å². The normalized spacial score (nSPS) is 10.7. The number of hydrogen-bond acceptors (Lipinski definition) is 8. The summed E-state index contributed by atoms with van der Waals surface area (Å²) in [5.74, 6) is 0.123. The molecule has 0 saturated carbocycles. The largest absolute Gasteiger partial charge is 0.378 e. The summed E-state index contributed by atoms with van der Waals surface area (Å²) in [6.45, 7) is 3.29. The fourth-order valence-electron chi connectivity index (χ4n) is 2.07. The zero-order chi connectivity index (χ0) is 17.7. The number of rotatable bonds is 7. The lowest BCUT2D eigenvalue weighted by Gasteiger charge is -2.12. The van der Waals surface area contributed by atoms with Crippen LogP contribution in [0, 0.1) is 17.0 Å². The summed E-state index contributed by atoms with van der Waals surface area (Å²) < 4.78 is 0. The Morgan fingerprint density at radius 3 is 2.71 bits per heavy atom. The van der Waals surface area contributed by atoms with Crippen molar-refractivity contribution in [2.24, 2.45) is 0 Å². The van der Waals surface area contributed by atoms with E-state index in [4.69, 9.17) is 5.73 Å². The van der Waals surface area contributed by atoms with Crippen LogP contribution in [0.1, 0.15) is 5.56 Å². The van der Waals surface area contributed by atoms with E-state index >= 15 is 0 Å². The predicted octanol–water partition coefficient (Wildman–Crippen LogP) is 1.99. The van der Waals surface area contributed by atoms with Gasteiger partial charge >= 0.3 is 5.69 Å². The number of nitrogens with zero attached hydrogens (tertiary/aromatic N) is 4. The average Bonchev–Trinajstić information content (AvgIpc) is 2.46. The van der Waals surface area contributed by atoms with Crippen LogP contribution < -0.4 is 16.4 Å². The second-order valence-electron chi connectivity index (χ2n) is 5.61. The number of nitrogen functional groups attached to an aromatic ring is 1. The lowest BCUT2D eigenvalue weighted by molar-refractivity contribution is -0.383. The van der Waals surface area contributed by atoms with E-state index in [-0.39, 0.29) is 23.3 Å². The van der Waals surface area contributed by atoms with Gasteiger partial charge < -0.3 is 21.3 Å². The van der Waals surface area contributed by atoms with Gasteiger partial charge in [0.1, 0.15) is 0 Å². The monoisotopic (exact) mass is 331 g/mol. The van der Waals surface area contributed by atoms with Crippen LogP contribution >= 0.6 is 0 Å². The third-order valence-corrected chi connectivity index (χ3v) is 3.22. The minimum Gasteiger partial charge on any atom is -0.378 e. The van der Waals surface area contributed by atoms with Crippen molar-refractivity contribution >= 4 is 29.0 Å². The molecule has 0 saturated heterocycles. The molecule has 0 unspecified atom stereocenters. The number of nitro groups is 1. The molecule has 128 valence electrons. The molecule has 24 heavy (non-hydrogen) atoms. The predicted molar refractivity (Wildman–Crippen MR) is 94.6 cm³/mol. The van der Waals surface area contributed by atoms with Crippen LogP contribution in [0.25, 0.3) is 0 Å². The number of likely N-dealkylation sites (N-methyl/N-ethyl adjacent to an activating group) is 1. The molecule has 0 bridgehead atoms. The molecule has 0 radical (unpaired) electrons. The molecule has 1 aromatic carbocycles. The number of nitrogens with two attached hydrogens (primary N) is 1. The Kier molecular flexibility index (Phi) is 5.48. The average molecular weight is 331 g/mol. The first kappa shape index (κ1) is 17.4. The van der Waals surface area contributed by atoms with Gasteiger partial charge in [0.05, 0.1) is 4.92 Å². The first-order chi connectivity index (χ1) is 11.4. The van der Waals surface area contributed by atoms with E-state index in [1.807, 2.05) is 44.1 Å². The highest BCUT2D eigenvalue weighted by molar-refractivity contribution is 5.74. The molecule has 0 aliphatic heterocycles. The molecular formula is C15H21N7O2. The fraction of sp³-hybridized carbons (Fsp3) is 0.333. The molecule has 0 aliphatic carbocycles. The van der Waals surface area contributed by atoms with E-state index in [1.54, 1.807) is 6.07 Å². The summed E-state index contributed by atoms with van der Waals surface area (Å²) in [6, 6.07) is 7.45. The zero-order valence-electron chi connectivity index (χ0n) is 13.9. The molecule has 0 atom stereocenters. The van der Waals surface area contributed by atoms with E-state index in [2.05, 4.69) is 20.6 Å². The highest BCUT2D eigenvalue weighted by atomic mass is 16.6. The van der Waals surface area contributed by atoms with E-state index < -0.39 is 4.92 Å². The molecule has 1 heterocycles. The molecule has 2 rings (SSSR count). The van der Waals surface area contributed by atoms with Crippen molar-refractivity contribution in [3.05, 3.63) is 39.9 Å². The van der Waals surface area contributed by atoms with E-state index in [9.17, 15) is 10.1 Å². The Labute approximate surface area is 140 Å². The third-order valence-electron chi connectivity index (χ3n) is 3.22. The minimum absolute atomic E-state index is 0.0606. The van der Waals surface area contributed by atoms with Gasteiger partial charge in [0.15, 0.2) is 0 Å². The van der Waals surface area contributed by atoms with Crippen molar-refractivity contribution in [2.75, 3.05) is 43.6 Å². The summed E-state index contributed by atoms with van der Waals surface area (Å²) in [5.41, 5.74) is 7.13. The molecular weight excluding hydrogens is 310 g/mol. The van der Waals surface area contributed by atoms with Gasteiger partial charge in [0.2, 0.25) is 17.6 Å². The molecule has 0 amide bonds. The van der Waals surface area contributed by atoms with Crippen LogP contribution in [0.15, 0.2) is 24.3 Å². The smallest absolute Gasteiger partial charge is 0.353 e. The molecule has 9 nitrogen and oxygen atoms in total. The van der Waals surface area contributed by atoms with Crippen LogP contribution in [0.5, 0.6) is 0 Å². The van der Waals surface area contributed by atoms with Gasteiger partial charge in [-0.05, 0) is 38.7 Å². The summed E-state index contributed by atoms with van der Waals surface area (Å²) in [7, 11) is 3.88. The molecule has 0 aliphatic rings. The lowest BCUT2D eigenvalue weighted by atomic mass is 10.2. The Morgan fingerprint density at radius 2 is 2.08 bits per heavy atom. The number of aromatic nitrogens is 2. The van der Waals surface area contributed by atoms with Crippen molar-refractivity contribution in [1.29, 1.82) is 0 Å². The number of aryl methyl sites for hydroxylation is 1. The van der Waals surface area contributed by atoms with Crippen molar-refractivity contribution in [3.8, 4) is 0 Å². The maximum atomic E-state index is 11.3. The first-order valence-corrected chi connectivity index (χ1v) is 7.41. The van der Waals surface area contributed by atoms with Crippen molar-refractivity contribution in [1.82, 2.24) is 14.9 Å². The zero-order valence-corrected chi connectivity index (χ0v) is 13.9. The molecule has 9 heteroatoms. The molecule has 2 aromatic rings. The number of anilines is 4. The Morgan fingerprint density at radius 1 is 1.33 bits per heavy atom. The van der Waals surface area contributed by atoms with Crippen molar-refractivity contribution < 1.29 is 4.92 Å². The highest BCUT2D eigenvalue weighted by Gasteiger charge is 2.23. The van der Waals surface area contributed by atoms with Gasteiger partial charge in [-0.25, -0.2) is 0 Å². The maximum Gasteiger partial charge on any atom is 0.353 e. The van der Waals surface area contributed by atoms with Crippen LogP contribution in [0.2, 0.25) is 0 Å². The fourth-order valence-corrected chi connectivity index (χ4v) is 2.07. The Balaban J connectivity index is 2.31. The van der Waals surface area contributed by atoms with Crippen LogP contribution in [0.3, 0.4) is 0 Å². The maximum absolute atomic E-state index is 11.3. The second kappa shape index (κ2) is 7.55. The molecule has 4 N–H and O–H groups in total. The molecule has 1 aromatic heterocycles. The highest BCUT2D eigenvalue weighted by Crippen LogP contribution is 2.31. The van der Waals surface area contributed by atoms with E-state index in [0.29, 0.717) is 12.2 Å². The van der Waals surface area contributed by atoms with Crippen LogP contribution in [-0.4, -0.2) is 47.0 Å². The van der Waals surface area contributed by atoms with Gasteiger partial charge in [-0.3, -0.25) is 10.1 Å². The van der Waals surface area contributed by atoms with Gasteiger partial charge in [0.25, 0.3) is 0 Å². The van der Waals surface area contributed by atoms with Gasteiger partial charge in [-0.15, -0.1) is 0 Å². The quantitative estimate of drug-likeness (QED) is 0.520. The topological polar surface area (TPSA) is 122 Å². The molecule has 0 fully saturated rings. The van der Waals surface area contributed by atoms with Gasteiger partial charge in [-0.2, -0.15) is 9.97 Å². The summed E-state index contributed by atoms with van der Waals surface area (Å²) in [4.78, 5) is 20.9. The number of hydrogen-bond donors (Lipinski definition) is 3. The van der Waals surface area contributed by atoms with Crippen molar-refractivity contribution in [2.45, 2.75) is 6.92 Å². The number of nitrogens with one attached hydrogen (secondary N) is 2.